The summed E-state index contributed by atoms with van der Waals surface area (Å²) >= 11 is 0. The Morgan fingerprint density at radius 3 is 2.27 bits per heavy atom. The third-order valence-electron chi connectivity index (χ3n) is 6.25. The van der Waals surface area contributed by atoms with E-state index in [1.54, 1.807) is 0 Å². The van der Waals surface area contributed by atoms with Gasteiger partial charge in [0.15, 0.2) is 5.60 Å². The van der Waals surface area contributed by atoms with Crippen molar-refractivity contribution in [3.63, 3.8) is 0 Å². The molecule has 3 unspecified atom stereocenters. The van der Waals surface area contributed by atoms with Crippen molar-refractivity contribution >= 4 is 23.7 Å². The Morgan fingerprint density at radius 1 is 1.03 bits per heavy atom. The van der Waals surface area contributed by atoms with E-state index < -0.39 is 53.8 Å². The summed E-state index contributed by atoms with van der Waals surface area (Å²) in [5, 5.41) is 19.2. The fourth-order valence-corrected chi connectivity index (χ4v) is 4.37. The van der Waals surface area contributed by atoms with Crippen molar-refractivity contribution in [3.8, 4) is 0 Å². The van der Waals surface area contributed by atoms with Gasteiger partial charge in [-0.3, -0.25) is 14.4 Å². The van der Waals surface area contributed by atoms with Crippen LogP contribution in [-0.4, -0.2) is 51.9 Å². The third-order valence-corrected chi connectivity index (χ3v) is 6.25. The Balaban J connectivity index is 2.11. The molecule has 3 atom stereocenters. The number of hydrogen-bond acceptors (Lipinski definition) is 7. The van der Waals surface area contributed by atoms with Gasteiger partial charge in [0.25, 0.3) is 5.79 Å². The number of carbonyl (C=O) groups is 4. The largest absolute Gasteiger partial charge is 0.481 e. The second-order valence-corrected chi connectivity index (χ2v) is 8.86. The molecular weight excluding hydrogens is 432 g/mol. The van der Waals surface area contributed by atoms with E-state index in [9.17, 15) is 29.4 Å². The van der Waals surface area contributed by atoms with E-state index in [-0.39, 0.29) is 6.61 Å². The average Bonchev–Trinajstić information content (AvgIpc) is 3.25. The fraction of sp³-hybridized carbons (Fsp3) is 0.750. The van der Waals surface area contributed by atoms with Crippen molar-refractivity contribution in [1.82, 2.24) is 0 Å². The molecule has 1 spiro atoms. The zero-order chi connectivity index (χ0) is 24.5. The van der Waals surface area contributed by atoms with Crippen molar-refractivity contribution < 1.29 is 43.6 Å². The van der Waals surface area contributed by atoms with Gasteiger partial charge in [0, 0.05) is 12.0 Å². The first-order chi connectivity index (χ1) is 15.7. The summed E-state index contributed by atoms with van der Waals surface area (Å²) in [5.74, 6) is -8.14. The molecule has 0 radical (unpaired) electrons. The number of esters is 1. The van der Waals surface area contributed by atoms with Gasteiger partial charge in [-0.1, -0.05) is 58.8 Å². The van der Waals surface area contributed by atoms with E-state index in [4.69, 9.17) is 14.2 Å². The minimum Gasteiger partial charge on any atom is -0.481 e. The SMILES string of the molecule is CCCCCCCCCC1=COC2(CC(C(=O)O)C(CC(=O)O)(C(=O)OCCCC)O2)C1=O. The number of Topliss-reactive ketones (excluding diaryl/α,β-unsaturated/α-hetero) is 1. The number of carboxylic acid groups (broad SMARTS) is 2. The van der Waals surface area contributed by atoms with Crippen molar-refractivity contribution in [1.29, 1.82) is 0 Å². The molecular formula is C24H36O9. The van der Waals surface area contributed by atoms with E-state index in [1.807, 2.05) is 6.92 Å². The quantitative estimate of drug-likeness (QED) is 0.270. The van der Waals surface area contributed by atoms with Gasteiger partial charge in [0.2, 0.25) is 5.78 Å². The second-order valence-electron chi connectivity index (χ2n) is 8.86. The zero-order valence-corrected chi connectivity index (χ0v) is 19.6. The highest BCUT2D eigenvalue weighted by Crippen LogP contribution is 2.50. The number of carboxylic acids is 2. The molecule has 2 aliphatic rings. The molecule has 2 heterocycles. The molecule has 1 saturated heterocycles. The van der Waals surface area contributed by atoms with Crippen molar-refractivity contribution in [2.24, 2.45) is 5.92 Å². The Labute approximate surface area is 194 Å². The van der Waals surface area contributed by atoms with Gasteiger partial charge in [-0.25, -0.2) is 4.79 Å². The molecule has 0 saturated carbocycles. The number of carbonyl (C=O) groups excluding carboxylic acids is 2. The van der Waals surface area contributed by atoms with E-state index in [0.717, 1.165) is 32.1 Å². The number of ketones is 1. The lowest BCUT2D eigenvalue weighted by molar-refractivity contribution is -0.226. The summed E-state index contributed by atoms with van der Waals surface area (Å²) in [7, 11) is 0. The topological polar surface area (TPSA) is 136 Å². The predicted molar refractivity (Wildman–Crippen MR) is 117 cm³/mol. The highest BCUT2D eigenvalue weighted by molar-refractivity contribution is 6.04. The Kier molecular flexibility index (Phi) is 9.88. The molecule has 1 fully saturated rings. The zero-order valence-electron chi connectivity index (χ0n) is 19.6. The van der Waals surface area contributed by atoms with E-state index in [0.29, 0.717) is 18.4 Å². The number of ether oxygens (including phenoxy) is 3. The molecule has 0 aromatic rings. The van der Waals surface area contributed by atoms with Crippen molar-refractivity contribution in [2.75, 3.05) is 6.61 Å². The van der Waals surface area contributed by atoms with Crippen LogP contribution in [0.15, 0.2) is 11.8 Å². The standard InChI is InChI=1S/C24H36O9/c1-3-5-7-8-9-10-11-12-17-16-32-24(20(17)27)14-18(21(28)29)23(33-24,15-19(25)26)22(30)31-13-6-4-2/h16,18H,3-15H2,1-2H3,(H,25,26)(H,28,29). The molecule has 2 N–H and O–H groups in total. The average molecular weight is 469 g/mol. The van der Waals surface area contributed by atoms with E-state index in [2.05, 4.69) is 6.92 Å². The number of aliphatic carboxylic acids is 2. The predicted octanol–water partition coefficient (Wildman–Crippen LogP) is 3.98. The second kappa shape index (κ2) is 12.2. The summed E-state index contributed by atoms with van der Waals surface area (Å²) in [4.78, 5) is 49.6. The van der Waals surface area contributed by atoms with Crippen LogP contribution in [0.3, 0.4) is 0 Å². The first-order valence-corrected chi connectivity index (χ1v) is 12.0. The van der Waals surface area contributed by atoms with Gasteiger partial charge < -0.3 is 24.4 Å². The smallest absolute Gasteiger partial charge is 0.340 e. The molecule has 0 aliphatic carbocycles. The molecule has 2 rings (SSSR count). The van der Waals surface area contributed by atoms with E-state index >= 15 is 0 Å². The number of unbranched alkanes of at least 4 members (excludes halogenated alkanes) is 7. The first kappa shape index (κ1) is 26.8. The number of hydrogen-bond donors (Lipinski definition) is 2. The maximum Gasteiger partial charge on any atom is 0.340 e. The lowest BCUT2D eigenvalue weighted by atomic mass is 9.82. The van der Waals surface area contributed by atoms with Crippen LogP contribution >= 0.6 is 0 Å². The van der Waals surface area contributed by atoms with Crippen LogP contribution < -0.4 is 0 Å². The molecule has 0 amide bonds. The molecule has 2 aliphatic heterocycles. The lowest BCUT2D eigenvalue weighted by Gasteiger charge is -2.30. The Bertz CT molecular complexity index is 759. The van der Waals surface area contributed by atoms with Crippen LogP contribution in [0.4, 0.5) is 0 Å². The summed E-state index contributed by atoms with van der Waals surface area (Å²) in [5.41, 5.74) is -1.98. The molecule has 186 valence electrons. The Morgan fingerprint density at radius 2 is 1.67 bits per heavy atom. The van der Waals surface area contributed by atoms with Crippen molar-refractivity contribution in [3.05, 3.63) is 11.8 Å². The summed E-state index contributed by atoms with van der Waals surface area (Å²) in [6.07, 6.45) is 9.05. The molecule has 9 heteroatoms. The van der Waals surface area contributed by atoms with Gasteiger partial charge in [-0.15, -0.1) is 0 Å². The normalized spacial score (nSPS) is 26.3. The highest BCUT2D eigenvalue weighted by Gasteiger charge is 2.69. The minimum atomic E-state index is -2.34. The summed E-state index contributed by atoms with van der Waals surface area (Å²) < 4.78 is 16.4. The monoisotopic (exact) mass is 468 g/mol. The first-order valence-electron chi connectivity index (χ1n) is 12.0. The van der Waals surface area contributed by atoms with Gasteiger partial charge in [-0.2, -0.15) is 0 Å². The summed E-state index contributed by atoms with van der Waals surface area (Å²) in [6, 6.07) is 0. The molecule has 9 nitrogen and oxygen atoms in total. The molecule has 0 aromatic heterocycles. The summed E-state index contributed by atoms with van der Waals surface area (Å²) in [6.45, 7) is 4.03. The molecule has 33 heavy (non-hydrogen) atoms. The van der Waals surface area contributed by atoms with Gasteiger partial charge in [0.05, 0.1) is 19.3 Å². The van der Waals surface area contributed by atoms with Gasteiger partial charge >= 0.3 is 17.9 Å². The van der Waals surface area contributed by atoms with Gasteiger partial charge in [-0.05, 0) is 19.3 Å². The number of rotatable bonds is 15. The molecule has 0 bridgehead atoms. The van der Waals surface area contributed by atoms with Crippen LogP contribution in [0.25, 0.3) is 0 Å². The molecule has 0 aromatic carbocycles. The lowest BCUT2D eigenvalue weighted by Crippen LogP contribution is -2.51. The van der Waals surface area contributed by atoms with Crippen LogP contribution in [0.5, 0.6) is 0 Å². The minimum absolute atomic E-state index is 0.00401. The van der Waals surface area contributed by atoms with Crippen LogP contribution in [0.1, 0.15) is 90.9 Å². The fourth-order valence-electron chi connectivity index (χ4n) is 4.37. The maximum atomic E-state index is 13.1. The van der Waals surface area contributed by atoms with Gasteiger partial charge in [0.1, 0.15) is 5.92 Å². The third kappa shape index (κ3) is 6.34. The van der Waals surface area contributed by atoms with Crippen LogP contribution in [0, 0.1) is 5.92 Å². The van der Waals surface area contributed by atoms with Crippen LogP contribution in [0.2, 0.25) is 0 Å². The maximum absolute atomic E-state index is 13.1. The van der Waals surface area contributed by atoms with Crippen LogP contribution in [-0.2, 0) is 33.4 Å². The highest BCUT2D eigenvalue weighted by atomic mass is 16.7. The van der Waals surface area contributed by atoms with E-state index in [1.165, 1.54) is 25.5 Å². The van der Waals surface area contributed by atoms with Crippen molar-refractivity contribution in [2.45, 2.75) is 102 Å². The Hall–Kier alpha value is -2.42.